The highest BCUT2D eigenvalue weighted by Gasteiger charge is 2.14. The van der Waals surface area contributed by atoms with Crippen molar-refractivity contribution in [2.75, 3.05) is 0 Å². The molecule has 0 saturated heterocycles. The number of rotatable bonds is 4. The summed E-state index contributed by atoms with van der Waals surface area (Å²) in [7, 11) is 0. The lowest BCUT2D eigenvalue weighted by molar-refractivity contribution is 0.0231. The van der Waals surface area contributed by atoms with Crippen LogP contribution < -0.4 is 5.48 Å². The number of aromatic hydroxyl groups is 1. The minimum absolute atomic E-state index is 0.0353. The Morgan fingerprint density at radius 1 is 1.20 bits per heavy atom. The molecule has 6 heteroatoms. The molecule has 4 nitrogen and oxygen atoms in total. The fourth-order valence-electron chi connectivity index (χ4n) is 1.55. The maximum Gasteiger partial charge on any atom is 0.278 e. The quantitative estimate of drug-likeness (QED) is 0.505. The molecule has 0 unspecified atom stereocenters. The number of carbonyl (C=O) groups is 1. The van der Waals surface area contributed by atoms with Gasteiger partial charge in [-0.15, -0.1) is 0 Å². The number of hydroxylamine groups is 1. The highest BCUT2D eigenvalue weighted by atomic mass is 127. The summed E-state index contributed by atoms with van der Waals surface area (Å²) in [5.74, 6) is -0.498. The van der Waals surface area contributed by atoms with Crippen LogP contribution in [0.4, 0.5) is 0 Å². The fourth-order valence-corrected chi connectivity index (χ4v) is 3.40. The van der Waals surface area contributed by atoms with E-state index in [0.29, 0.717) is 3.57 Å². The molecule has 0 saturated carbocycles. The summed E-state index contributed by atoms with van der Waals surface area (Å²) in [5, 5.41) is 9.88. The minimum atomic E-state index is -0.463. The van der Waals surface area contributed by atoms with Gasteiger partial charge >= 0.3 is 0 Å². The Kier molecular flexibility index (Phi) is 5.61. The van der Waals surface area contributed by atoms with Crippen LogP contribution in [0.1, 0.15) is 15.9 Å². The van der Waals surface area contributed by atoms with Crippen LogP contribution in [0.3, 0.4) is 0 Å². The van der Waals surface area contributed by atoms with Crippen molar-refractivity contribution in [1.29, 1.82) is 0 Å². The van der Waals surface area contributed by atoms with E-state index in [1.54, 1.807) is 12.1 Å². The lowest BCUT2D eigenvalue weighted by Gasteiger charge is -2.09. The van der Waals surface area contributed by atoms with E-state index in [2.05, 4.69) is 28.1 Å². The Morgan fingerprint density at radius 2 is 1.90 bits per heavy atom. The van der Waals surface area contributed by atoms with E-state index in [-0.39, 0.29) is 17.9 Å². The monoisotopic (exact) mass is 495 g/mol. The van der Waals surface area contributed by atoms with Crippen LogP contribution in [0.5, 0.6) is 5.75 Å². The van der Waals surface area contributed by atoms with Crippen LogP contribution in [0.15, 0.2) is 42.5 Å². The number of benzene rings is 2. The summed E-state index contributed by atoms with van der Waals surface area (Å²) < 4.78 is 1.50. The third-order valence-corrected chi connectivity index (χ3v) is 3.96. The zero-order chi connectivity index (χ0) is 14.5. The summed E-state index contributed by atoms with van der Waals surface area (Å²) in [6.07, 6.45) is 0. The lowest BCUT2D eigenvalue weighted by atomic mass is 10.2. The number of phenols is 1. The Labute approximate surface area is 143 Å². The van der Waals surface area contributed by atoms with Gasteiger partial charge in [-0.3, -0.25) is 9.63 Å². The molecule has 0 aliphatic heterocycles. The Hall–Kier alpha value is -0.870. The van der Waals surface area contributed by atoms with Gasteiger partial charge in [-0.2, -0.15) is 0 Å². The second kappa shape index (κ2) is 7.23. The molecule has 20 heavy (non-hydrogen) atoms. The predicted molar refractivity (Wildman–Crippen MR) is 92.2 cm³/mol. The molecule has 0 radical (unpaired) electrons. The summed E-state index contributed by atoms with van der Waals surface area (Å²) in [4.78, 5) is 17.1. The number of carbonyl (C=O) groups excluding carboxylic acids is 1. The van der Waals surface area contributed by atoms with E-state index in [4.69, 9.17) is 4.84 Å². The van der Waals surface area contributed by atoms with E-state index < -0.39 is 5.91 Å². The highest BCUT2D eigenvalue weighted by Crippen LogP contribution is 2.26. The molecule has 1 amide bonds. The summed E-state index contributed by atoms with van der Waals surface area (Å²) in [5.41, 5.74) is 3.49. The van der Waals surface area contributed by atoms with Gasteiger partial charge in [-0.1, -0.05) is 30.3 Å². The molecule has 0 fully saturated rings. The summed E-state index contributed by atoms with van der Waals surface area (Å²) >= 11 is 4.07. The third-order valence-electron chi connectivity index (χ3n) is 2.52. The largest absolute Gasteiger partial charge is 0.506 e. The van der Waals surface area contributed by atoms with Gasteiger partial charge in [0.1, 0.15) is 5.75 Å². The molecule has 2 aromatic rings. The fraction of sp³-hybridized carbons (Fsp3) is 0.0714. The van der Waals surface area contributed by atoms with Crippen LogP contribution in [0.25, 0.3) is 0 Å². The first-order chi connectivity index (χ1) is 9.58. The van der Waals surface area contributed by atoms with E-state index in [0.717, 1.165) is 9.13 Å². The molecule has 0 bridgehead atoms. The van der Waals surface area contributed by atoms with Crippen molar-refractivity contribution in [1.82, 2.24) is 5.48 Å². The minimum Gasteiger partial charge on any atom is -0.506 e. The molecule has 2 N–H and O–H groups in total. The molecule has 0 aromatic heterocycles. The van der Waals surface area contributed by atoms with Crippen molar-refractivity contribution >= 4 is 51.1 Å². The van der Waals surface area contributed by atoms with Crippen molar-refractivity contribution in [3.8, 4) is 5.75 Å². The molecule has 0 aliphatic rings. The molecule has 0 spiro atoms. The molecule has 2 rings (SSSR count). The van der Waals surface area contributed by atoms with E-state index in [1.807, 2.05) is 52.9 Å². The van der Waals surface area contributed by atoms with Gasteiger partial charge in [0.05, 0.1) is 15.7 Å². The molecular formula is C14H11I2NO3. The standard InChI is InChI=1S/C14H11I2NO3/c15-10-6-11(13(18)12(16)7-10)14(19)17-20-8-9-4-2-1-3-5-9/h1-7,18H,8H2,(H,17,19). The van der Waals surface area contributed by atoms with Gasteiger partial charge in [-0.05, 0) is 62.9 Å². The first kappa shape index (κ1) is 15.5. The number of nitrogens with one attached hydrogen (secondary N) is 1. The average molecular weight is 495 g/mol. The van der Waals surface area contributed by atoms with E-state index in [9.17, 15) is 9.90 Å². The van der Waals surface area contributed by atoms with Crippen LogP contribution >= 0.6 is 45.2 Å². The van der Waals surface area contributed by atoms with Crippen molar-refractivity contribution < 1.29 is 14.7 Å². The molecule has 0 heterocycles. The van der Waals surface area contributed by atoms with Crippen molar-refractivity contribution in [3.05, 3.63) is 60.7 Å². The zero-order valence-corrected chi connectivity index (χ0v) is 14.6. The molecule has 0 aliphatic carbocycles. The predicted octanol–water partition coefficient (Wildman–Crippen LogP) is 3.46. The normalized spacial score (nSPS) is 10.3. The average Bonchev–Trinajstić information content (AvgIpc) is 2.44. The van der Waals surface area contributed by atoms with Crippen LogP contribution in [0.2, 0.25) is 0 Å². The smallest absolute Gasteiger partial charge is 0.278 e. The Morgan fingerprint density at radius 3 is 2.60 bits per heavy atom. The number of hydrogen-bond acceptors (Lipinski definition) is 3. The molecule has 2 aromatic carbocycles. The summed E-state index contributed by atoms with van der Waals surface area (Å²) in [6, 6.07) is 12.9. The zero-order valence-electron chi connectivity index (χ0n) is 10.3. The number of amides is 1. The van der Waals surface area contributed by atoms with E-state index >= 15 is 0 Å². The topological polar surface area (TPSA) is 58.6 Å². The van der Waals surface area contributed by atoms with Crippen LogP contribution in [-0.2, 0) is 11.4 Å². The summed E-state index contributed by atoms with van der Waals surface area (Å²) in [6.45, 7) is 0.272. The van der Waals surface area contributed by atoms with Gasteiger partial charge < -0.3 is 5.11 Å². The molecular weight excluding hydrogens is 484 g/mol. The highest BCUT2D eigenvalue weighted by molar-refractivity contribution is 14.1. The lowest BCUT2D eigenvalue weighted by Crippen LogP contribution is -2.24. The van der Waals surface area contributed by atoms with Gasteiger partial charge in [0.15, 0.2) is 0 Å². The SMILES string of the molecule is O=C(NOCc1ccccc1)c1cc(I)cc(I)c1O. The second-order valence-electron chi connectivity index (χ2n) is 3.99. The van der Waals surface area contributed by atoms with Gasteiger partial charge in [0.25, 0.3) is 5.91 Å². The molecule has 0 atom stereocenters. The Bertz CT molecular complexity index is 617. The molecule has 104 valence electrons. The maximum absolute atomic E-state index is 12.0. The van der Waals surface area contributed by atoms with Gasteiger partial charge in [-0.25, -0.2) is 5.48 Å². The van der Waals surface area contributed by atoms with Crippen molar-refractivity contribution in [3.63, 3.8) is 0 Å². The van der Waals surface area contributed by atoms with Crippen molar-refractivity contribution in [2.24, 2.45) is 0 Å². The first-order valence-corrected chi connectivity index (χ1v) is 7.87. The van der Waals surface area contributed by atoms with Gasteiger partial charge in [0.2, 0.25) is 0 Å². The van der Waals surface area contributed by atoms with Crippen LogP contribution in [0, 0.1) is 7.14 Å². The van der Waals surface area contributed by atoms with Gasteiger partial charge in [0, 0.05) is 3.57 Å². The Balaban J connectivity index is 1.99. The number of hydrogen-bond donors (Lipinski definition) is 2. The van der Waals surface area contributed by atoms with Crippen molar-refractivity contribution in [2.45, 2.75) is 6.61 Å². The maximum atomic E-state index is 12.0. The second-order valence-corrected chi connectivity index (χ2v) is 6.40. The van der Waals surface area contributed by atoms with E-state index in [1.165, 1.54) is 0 Å². The number of phenolic OH excluding ortho intramolecular Hbond substituents is 1. The number of halogens is 2. The van der Waals surface area contributed by atoms with Crippen LogP contribution in [-0.4, -0.2) is 11.0 Å². The first-order valence-electron chi connectivity index (χ1n) is 5.72. The third kappa shape index (κ3) is 4.06.